The van der Waals surface area contributed by atoms with Gasteiger partial charge in [-0.3, -0.25) is 4.79 Å². The number of nitrogens with zero attached hydrogens (tertiary/aromatic N) is 1. The summed E-state index contributed by atoms with van der Waals surface area (Å²) in [6.07, 6.45) is 0. The Hall–Kier alpha value is -2.27. The van der Waals surface area contributed by atoms with Gasteiger partial charge in [0.05, 0.1) is 12.2 Å². The highest BCUT2D eigenvalue weighted by Gasteiger charge is 2.08. The average molecular weight is 313 g/mol. The lowest BCUT2D eigenvalue weighted by molar-refractivity contribution is 0.101. The van der Waals surface area contributed by atoms with Gasteiger partial charge in [-0.15, -0.1) is 0 Å². The third-order valence-corrected chi connectivity index (χ3v) is 3.90. The van der Waals surface area contributed by atoms with E-state index in [2.05, 4.69) is 4.98 Å². The molecule has 3 rings (SSSR count). The number of fused-ring (bicyclic) bond motifs is 1. The molecule has 0 aliphatic rings. The van der Waals surface area contributed by atoms with Crippen molar-refractivity contribution in [2.75, 3.05) is 12.4 Å². The summed E-state index contributed by atoms with van der Waals surface area (Å²) in [5.41, 5.74) is 2.25. The zero-order valence-electron chi connectivity index (χ0n) is 12.1. The number of ether oxygens (including phenoxy) is 1. The molecule has 0 fully saturated rings. The lowest BCUT2D eigenvalue weighted by Crippen LogP contribution is -2.04. The Morgan fingerprint density at radius 1 is 1.18 bits per heavy atom. The maximum atomic E-state index is 11.5. The molecule has 0 saturated heterocycles. The molecule has 112 valence electrons. The maximum absolute atomic E-state index is 11.5. The van der Waals surface area contributed by atoms with Gasteiger partial charge in [0.15, 0.2) is 11.4 Å². The number of ketones is 1. The van der Waals surface area contributed by atoms with Crippen LogP contribution in [0.4, 0.5) is 0 Å². The summed E-state index contributed by atoms with van der Waals surface area (Å²) in [7, 11) is 0. The first kappa shape index (κ1) is 14.7. The highest BCUT2D eigenvalue weighted by atomic mass is 32.2. The molecule has 5 heteroatoms. The Balaban J connectivity index is 1.56. The Labute approximate surface area is 132 Å². The molecule has 2 aromatic carbocycles. The minimum atomic E-state index is 0.00204. The molecular formula is C17H15NO3S. The molecule has 0 bridgehead atoms. The molecule has 1 aromatic heterocycles. The quantitative estimate of drug-likeness (QED) is 0.388. The maximum Gasteiger partial charge on any atom is 0.256 e. The van der Waals surface area contributed by atoms with Crippen molar-refractivity contribution in [3.8, 4) is 5.75 Å². The fourth-order valence-electron chi connectivity index (χ4n) is 2.08. The van der Waals surface area contributed by atoms with Crippen LogP contribution in [0.1, 0.15) is 17.3 Å². The Kier molecular flexibility index (Phi) is 4.44. The van der Waals surface area contributed by atoms with Crippen LogP contribution in [-0.2, 0) is 0 Å². The van der Waals surface area contributed by atoms with Crippen molar-refractivity contribution in [3.63, 3.8) is 0 Å². The standard InChI is InChI=1S/C17H15NO3S/c1-12(19)13-6-2-4-8-15(13)20-10-11-22-17-18-14-7-3-5-9-16(14)21-17/h2-9H,10-11H2,1H3. The summed E-state index contributed by atoms with van der Waals surface area (Å²) in [5.74, 6) is 1.31. The molecule has 0 aliphatic heterocycles. The number of rotatable bonds is 6. The van der Waals surface area contributed by atoms with Crippen molar-refractivity contribution >= 4 is 28.6 Å². The molecule has 0 unspecified atom stereocenters. The van der Waals surface area contributed by atoms with Crippen LogP contribution in [0.15, 0.2) is 58.2 Å². The minimum absolute atomic E-state index is 0.00204. The van der Waals surface area contributed by atoms with Crippen LogP contribution in [-0.4, -0.2) is 23.1 Å². The minimum Gasteiger partial charge on any atom is -0.492 e. The number of para-hydroxylation sites is 3. The number of carbonyl (C=O) groups is 1. The zero-order chi connectivity index (χ0) is 15.4. The van der Waals surface area contributed by atoms with Gasteiger partial charge in [-0.25, -0.2) is 4.98 Å². The second-order valence-electron chi connectivity index (χ2n) is 4.70. The van der Waals surface area contributed by atoms with Crippen LogP contribution in [0.2, 0.25) is 0 Å². The smallest absolute Gasteiger partial charge is 0.256 e. The predicted molar refractivity (Wildman–Crippen MR) is 86.7 cm³/mol. The number of Topliss-reactive ketones (excluding diaryl/α,β-unsaturated/α-hetero) is 1. The number of benzene rings is 2. The van der Waals surface area contributed by atoms with Crippen molar-refractivity contribution < 1.29 is 13.9 Å². The molecule has 0 atom stereocenters. The third-order valence-electron chi connectivity index (χ3n) is 3.11. The van der Waals surface area contributed by atoms with E-state index >= 15 is 0 Å². The number of aromatic nitrogens is 1. The number of carbonyl (C=O) groups excluding carboxylic acids is 1. The summed E-state index contributed by atoms with van der Waals surface area (Å²) in [6.45, 7) is 2.02. The summed E-state index contributed by atoms with van der Waals surface area (Å²) in [4.78, 5) is 15.9. The number of hydrogen-bond donors (Lipinski definition) is 0. The van der Waals surface area contributed by atoms with E-state index in [4.69, 9.17) is 9.15 Å². The zero-order valence-corrected chi connectivity index (χ0v) is 12.9. The normalized spacial score (nSPS) is 10.8. The first-order chi connectivity index (χ1) is 10.7. The Morgan fingerprint density at radius 3 is 2.77 bits per heavy atom. The molecule has 0 saturated carbocycles. The first-order valence-electron chi connectivity index (χ1n) is 6.95. The fraction of sp³-hybridized carbons (Fsp3) is 0.176. The van der Waals surface area contributed by atoms with Crippen LogP contribution < -0.4 is 4.74 Å². The van der Waals surface area contributed by atoms with Gasteiger partial charge in [0.2, 0.25) is 0 Å². The van der Waals surface area contributed by atoms with E-state index in [1.165, 1.54) is 18.7 Å². The molecule has 0 aliphatic carbocycles. The Bertz CT molecular complexity index is 764. The van der Waals surface area contributed by atoms with Crippen LogP contribution in [0, 0.1) is 0 Å². The van der Waals surface area contributed by atoms with Gasteiger partial charge < -0.3 is 9.15 Å². The van der Waals surface area contributed by atoms with Crippen molar-refractivity contribution in [1.29, 1.82) is 0 Å². The SMILES string of the molecule is CC(=O)c1ccccc1OCCSc1nc2ccccc2o1. The first-order valence-corrected chi connectivity index (χ1v) is 7.94. The third kappa shape index (κ3) is 3.31. The van der Waals surface area contributed by atoms with Gasteiger partial charge in [-0.1, -0.05) is 36.0 Å². The second-order valence-corrected chi connectivity index (χ2v) is 5.74. The predicted octanol–water partition coefficient (Wildman–Crippen LogP) is 4.20. The second kappa shape index (κ2) is 6.66. The van der Waals surface area contributed by atoms with E-state index in [0.717, 1.165) is 11.1 Å². The highest BCUT2D eigenvalue weighted by molar-refractivity contribution is 7.99. The summed E-state index contributed by atoms with van der Waals surface area (Å²) in [5, 5.41) is 0.629. The summed E-state index contributed by atoms with van der Waals surface area (Å²) >= 11 is 1.49. The fourth-order valence-corrected chi connectivity index (χ4v) is 2.73. The number of oxazole rings is 1. The van der Waals surface area contributed by atoms with Crippen molar-refractivity contribution in [1.82, 2.24) is 4.98 Å². The largest absolute Gasteiger partial charge is 0.492 e. The monoisotopic (exact) mass is 313 g/mol. The molecule has 3 aromatic rings. The van der Waals surface area contributed by atoms with Gasteiger partial charge in [0.25, 0.3) is 5.22 Å². The molecule has 0 N–H and O–H groups in total. The number of thioether (sulfide) groups is 1. The Morgan fingerprint density at radius 2 is 1.95 bits per heavy atom. The van der Waals surface area contributed by atoms with Crippen LogP contribution in [0.25, 0.3) is 11.1 Å². The van der Waals surface area contributed by atoms with E-state index in [9.17, 15) is 4.79 Å². The van der Waals surface area contributed by atoms with E-state index in [0.29, 0.717) is 28.9 Å². The van der Waals surface area contributed by atoms with E-state index in [1.807, 2.05) is 36.4 Å². The van der Waals surface area contributed by atoms with Crippen LogP contribution >= 0.6 is 11.8 Å². The van der Waals surface area contributed by atoms with E-state index < -0.39 is 0 Å². The molecular weight excluding hydrogens is 298 g/mol. The van der Waals surface area contributed by atoms with Crippen molar-refractivity contribution in [2.24, 2.45) is 0 Å². The van der Waals surface area contributed by atoms with Crippen LogP contribution in [0.5, 0.6) is 5.75 Å². The summed E-state index contributed by atoms with van der Waals surface area (Å²) in [6, 6.07) is 14.9. The van der Waals surface area contributed by atoms with Crippen LogP contribution in [0.3, 0.4) is 0 Å². The lowest BCUT2D eigenvalue weighted by Gasteiger charge is -2.08. The van der Waals surface area contributed by atoms with Crippen molar-refractivity contribution in [3.05, 3.63) is 54.1 Å². The number of hydrogen-bond acceptors (Lipinski definition) is 5. The average Bonchev–Trinajstić information content (AvgIpc) is 2.94. The van der Waals surface area contributed by atoms with Gasteiger partial charge >= 0.3 is 0 Å². The molecule has 0 amide bonds. The van der Waals surface area contributed by atoms with Gasteiger partial charge in [0, 0.05) is 5.75 Å². The van der Waals surface area contributed by atoms with Gasteiger partial charge in [0.1, 0.15) is 11.3 Å². The van der Waals surface area contributed by atoms with E-state index in [-0.39, 0.29) is 5.78 Å². The van der Waals surface area contributed by atoms with Gasteiger partial charge in [-0.05, 0) is 31.2 Å². The molecule has 1 heterocycles. The summed E-state index contributed by atoms with van der Waals surface area (Å²) < 4.78 is 11.3. The highest BCUT2D eigenvalue weighted by Crippen LogP contribution is 2.24. The molecule has 0 radical (unpaired) electrons. The van der Waals surface area contributed by atoms with Gasteiger partial charge in [-0.2, -0.15) is 0 Å². The lowest BCUT2D eigenvalue weighted by atomic mass is 10.1. The van der Waals surface area contributed by atoms with E-state index in [1.54, 1.807) is 12.1 Å². The molecule has 22 heavy (non-hydrogen) atoms. The molecule has 0 spiro atoms. The topological polar surface area (TPSA) is 52.3 Å². The van der Waals surface area contributed by atoms with Crippen molar-refractivity contribution in [2.45, 2.75) is 12.1 Å². The molecule has 4 nitrogen and oxygen atoms in total.